The third-order valence-corrected chi connectivity index (χ3v) is 3.36. The smallest absolute Gasteiger partial charge is 0.244 e. The monoisotopic (exact) mass is 275 g/mol. The summed E-state index contributed by atoms with van der Waals surface area (Å²) in [5, 5.41) is 6.14. The van der Waals surface area contributed by atoms with Gasteiger partial charge in [-0.05, 0) is 24.6 Å². The number of nitrogens with one attached hydrogen (secondary N) is 2. The molecule has 0 unspecified atom stereocenters. The molecule has 0 spiro atoms. The highest BCUT2D eigenvalue weighted by Gasteiger charge is 2.22. The number of hydrogen-bond donors (Lipinski definition) is 2. The molecule has 0 bridgehead atoms. The Morgan fingerprint density at radius 1 is 1.35 bits per heavy atom. The maximum absolute atomic E-state index is 12.0. The third kappa shape index (κ3) is 3.81. The van der Waals surface area contributed by atoms with Crippen LogP contribution in [0.4, 0.5) is 5.69 Å². The molecule has 0 aromatic heterocycles. The Labute approximate surface area is 119 Å². The quantitative estimate of drug-likeness (QED) is 0.824. The molecular formula is C15H21N3O2. The summed E-state index contributed by atoms with van der Waals surface area (Å²) < 4.78 is 0. The number of hydrogen-bond acceptors (Lipinski definition) is 3. The van der Waals surface area contributed by atoms with E-state index in [9.17, 15) is 9.59 Å². The first-order chi connectivity index (χ1) is 9.70. The van der Waals surface area contributed by atoms with Gasteiger partial charge in [-0.25, -0.2) is 0 Å². The normalized spacial score (nSPS) is 14.7. The molecule has 0 saturated carbocycles. The molecule has 20 heavy (non-hydrogen) atoms. The van der Waals surface area contributed by atoms with Crippen molar-refractivity contribution < 1.29 is 9.59 Å². The molecule has 0 radical (unpaired) electrons. The Morgan fingerprint density at radius 3 is 2.85 bits per heavy atom. The van der Waals surface area contributed by atoms with E-state index in [-0.39, 0.29) is 18.4 Å². The molecule has 1 aromatic carbocycles. The molecule has 1 fully saturated rings. The van der Waals surface area contributed by atoms with Crippen LogP contribution < -0.4 is 10.6 Å². The van der Waals surface area contributed by atoms with Crippen molar-refractivity contribution in [2.75, 3.05) is 25.0 Å². The number of benzene rings is 1. The first kappa shape index (κ1) is 14.5. The van der Waals surface area contributed by atoms with Crippen LogP contribution in [0.2, 0.25) is 0 Å². The van der Waals surface area contributed by atoms with Gasteiger partial charge in [-0.1, -0.05) is 25.1 Å². The number of rotatable bonds is 6. The van der Waals surface area contributed by atoms with Crippen molar-refractivity contribution >= 4 is 17.5 Å². The lowest BCUT2D eigenvalue weighted by molar-refractivity contribution is -0.131. The predicted octanol–water partition coefficient (Wildman–Crippen LogP) is 1.36. The summed E-state index contributed by atoms with van der Waals surface area (Å²) in [7, 11) is 0. The van der Waals surface area contributed by atoms with Crippen LogP contribution in [0.25, 0.3) is 0 Å². The van der Waals surface area contributed by atoms with Crippen LogP contribution in [0.3, 0.4) is 0 Å². The highest BCUT2D eigenvalue weighted by Crippen LogP contribution is 2.15. The van der Waals surface area contributed by atoms with Gasteiger partial charge in [0.05, 0.1) is 6.54 Å². The average molecular weight is 275 g/mol. The number of carbonyl (C=O) groups is 2. The SMILES string of the molecule is CCNCc1ccccc1NC(=O)CN1CCCC1=O. The maximum Gasteiger partial charge on any atom is 0.244 e. The van der Waals surface area contributed by atoms with Gasteiger partial charge in [-0.2, -0.15) is 0 Å². The molecule has 2 N–H and O–H groups in total. The van der Waals surface area contributed by atoms with Gasteiger partial charge in [0, 0.05) is 25.2 Å². The predicted molar refractivity (Wildman–Crippen MR) is 78.3 cm³/mol. The van der Waals surface area contributed by atoms with E-state index in [0.29, 0.717) is 13.0 Å². The van der Waals surface area contributed by atoms with Gasteiger partial charge >= 0.3 is 0 Å². The summed E-state index contributed by atoms with van der Waals surface area (Å²) in [6, 6.07) is 7.72. The third-order valence-electron chi connectivity index (χ3n) is 3.36. The average Bonchev–Trinajstić information content (AvgIpc) is 2.83. The van der Waals surface area contributed by atoms with E-state index < -0.39 is 0 Å². The minimum atomic E-state index is -0.135. The zero-order valence-electron chi connectivity index (χ0n) is 11.8. The van der Waals surface area contributed by atoms with Crippen LogP contribution in [0, 0.1) is 0 Å². The summed E-state index contributed by atoms with van der Waals surface area (Å²) in [4.78, 5) is 25.1. The van der Waals surface area contributed by atoms with Crippen LogP contribution in [0.1, 0.15) is 25.3 Å². The second kappa shape index (κ2) is 7.05. The maximum atomic E-state index is 12.0. The van der Waals surface area contributed by atoms with Crippen LogP contribution in [0.15, 0.2) is 24.3 Å². The van der Waals surface area contributed by atoms with Gasteiger partial charge in [-0.3, -0.25) is 9.59 Å². The Balaban J connectivity index is 1.95. The molecular weight excluding hydrogens is 254 g/mol. The fourth-order valence-electron chi connectivity index (χ4n) is 2.29. The van der Waals surface area contributed by atoms with Crippen LogP contribution in [-0.2, 0) is 16.1 Å². The van der Waals surface area contributed by atoms with Crippen LogP contribution >= 0.6 is 0 Å². The second-order valence-electron chi connectivity index (χ2n) is 4.90. The van der Waals surface area contributed by atoms with Gasteiger partial charge < -0.3 is 15.5 Å². The minimum Gasteiger partial charge on any atom is -0.333 e. The van der Waals surface area contributed by atoms with Crippen molar-refractivity contribution in [2.45, 2.75) is 26.3 Å². The van der Waals surface area contributed by atoms with Gasteiger partial charge in [0.25, 0.3) is 0 Å². The molecule has 0 atom stereocenters. The topological polar surface area (TPSA) is 61.4 Å². The van der Waals surface area contributed by atoms with Gasteiger partial charge in [0.2, 0.25) is 11.8 Å². The highest BCUT2D eigenvalue weighted by molar-refractivity contribution is 5.95. The lowest BCUT2D eigenvalue weighted by atomic mass is 10.1. The van der Waals surface area contributed by atoms with E-state index >= 15 is 0 Å². The van der Waals surface area contributed by atoms with Crippen molar-refractivity contribution in [1.29, 1.82) is 0 Å². The van der Waals surface area contributed by atoms with Gasteiger partial charge in [0.1, 0.15) is 0 Å². The number of carbonyl (C=O) groups excluding carboxylic acids is 2. The Kier molecular flexibility index (Phi) is 5.12. The number of para-hydroxylation sites is 1. The number of likely N-dealkylation sites (tertiary alicyclic amines) is 1. The molecule has 5 heteroatoms. The molecule has 2 rings (SSSR count). The lowest BCUT2D eigenvalue weighted by Gasteiger charge is -2.16. The fourth-order valence-corrected chi connectivity index (χ4v) is 2.29. The summed E-state index contributed by atoms with van der Waals surface area (Å²) in [6.07, 6.45) is 1.41. The van der Waals surface area contributed by atoms with Crippen molar-refractivity contribution in [3.05, 3.63) is 29.8 Å². The van der Waals surface area contributed by atoms with Crippen molar-refractivity contribution in [3.63, 3.8) is 0 Å². The Bertz CT molecular complexity index is 488. The van der Waals surface area contributed by atoms with E-state index in [1.165, 1.54) is 0 Å². The zero-order valence-corrected chi connectivity index (χ0v) is 11.8. The molecule has 1 aliphatic rings. The molecule has 1 aliphatic heterocycles. The summed E-state index contributed by atoms with van der Waals surface area (Å²) >= 11 is 0. The Morgan fingerprint density at radius 2 is 2.15 bits per heavy atom. The minimum absolute atomic E-state index is 0.0704. The molecule has 1 saturated heterocycles. The van der Waals surface area contributed by atoms with E-state index in [4.69, 9.17) is 0 Å². The van der Waals surface area contributed by atoms with E-state index in [2.05, 4.69) is 10.6 Å². The largest absolute Gasteiger partial charge is 0.333 e. The van der Waals surface area contributed by atoms with Crippen molar-refractivity contribution in [2.24, 2.45) is 0 Å². The van der Waals surface area contributed by atoms with Crippen molar-refractivity contribution in [3.8, 4) is 0 Å². The lowest BCUT2D eigenvalue weighted by Crippen LogP contribution is -2.34. The summed E-state index contributed by atoms with van der Waals surface area (Å²) in [5.74, 6) is -0.0646. The first-order valence-electron chi connectivity index (χ1n) is 7.07. The summed E-state index contributed by atoms with van der Waals surface area (Å²) in [6.45, 7) is 4.47. The number of anilines is 1. The molecule has 2 amide bonds. The number of amides is 2. The molecule has 1 aromatic rings. The summed E-state index contributed by atoms with van der Waals surface area (Å²) in [5.41, 5.74) is 1.86. The first-order valence-corrected chi connectivity index (χ1v) is 7.07. The standard InChI is InChI=1S/C15H21N3O2/c1-2-16-10-12-6-3-4-7-13(12)17-14(19)11-18-9-5-8-15(18)20/h3-4,6-7,16H,2,5,8-11H2,1H3,(H,17,19). The molecule has 108 valence electrons. The van der Waals surface area contributed by atoms with E-state index in [1.54, 1.807) is 4.90 Å². The molecule has 0 aliphatic carbocycles. The molecule has 1 heterocycles. The van der Waals surface area contributed by atoms with Crippen LogP contribution in [0.5, 0.6) is 0 Å². The second-order valence-corrected chi connectivity index (χ2v) is 4.90. The number of nitrogens with zero attached hydrogens (tertiary/aromatic N) is 1. The van der Waals surface area contributed by atoms with E-state index in [0.717, 1.165) is 30.8 Å². The Hall–Kier alpha value is -1.88. The highest BCUT2D eigenvalue weighted by atomic mass is 16.2. The molecule has 5 nitrogen and oxygen atoms in total. The zero-order chi connectivity index (χ0) is 14.4. The van der Waals surface area contributed by atoms with Crippen LogP contribution in [-0.4, -0.2) is 36.3 Å². The van der Waals surface area contributed by atoms with E-state index in [1.807, 2.05) is 31.2 Å². The van der Waals surface area contributed by atoms with Crippen molar-refractivity contribution in [1.82, 2.24) is 10.2 Å². The van der Waals surface area contributed by atoms with Gasteiger partial charge in [-0.15, -0.1) is 0 Å². The fraction of sp³-hybridized carbons (Fsp3) is 0.467. The van der Waals surface area contributed by atoms with Gasteiger partial charge in [0.15, 0.2) is 0 Å².